The number of anilines is 1. The van der Waals surface area contributed by atoms with Crippen molar-refractivity contribution in [1.29, 1.82) is 0 Å². The molecule has 2 aliphatic carbocycles. The summed E-state index contributed by atoms with van der Waals surface area (Å²) in [5.41, 5.74) is 2.27. The summed E-state index contributed by atoms with van der Waals surface area (Å²) < 4.78 is 5.36. The minimum absolute atomic E-state index is 0.0500. The molecule has 44 heavy (non-hydrogen) atoms. The normalized spacial score (nSPS) is 25.5. The van der Waals surface area contributed by atoms with Gasteiger partial charge in [0.1, 0.15) is 5.75 Å². The number of hydrogen-bond acceptors (Lipinski definition) is 7. The predicted octanol–water partition coefficient (Wildman–Crippen LogP) is 6.58. The van der Waals surface area contributed by atoms with E-state index in [-0.39, 0.29) is 62.0 Å². The number of halogens is 3. The van der Waals surface area contributed by atoms with Gasteiger partial charge in [0, 0.05) is 25.6 Å². The number of carbonyl (C=O) groups is 4. The van der Waals surface area contributed by atoms with Gasteiger partial charge in [0.15, 0.2) is 6.61 Å². The Morgan fingerprint density at radius 3 is 2.23 bits per heavy atom. The highest BCUT2D eigenvalue weighted by Gasteiger charge is 2.66. The molecule has 222 valence electrons. The number of fused-ring (bicyclic) bond motifs is 6. The number of carbonyl (C=O) groups excluding carboxylic acids is 4. The van der Waals surface area contributed by atoms with Crippen LogP contribution in [0.5, 0.6) is 5.75 Å². The van der Waals surface area contributed by atoms with Gasteiger partial charge in [-0.3, -0.25) is 19.3 Å². The second-order valence-corrected chi connectivity index (χ2v) is 13.8. The van der Waals surface area contributed by atoms with Gasteiger partial charge in [0.25, 0.3) is 0 Å². The lowest BCUT2D eigenvalue weighted by molar-refractivity contribution is -0.123. The maximum absolute atomic E-state index is 13.5. The number of ether oxygens (including phenoxy) is 1. The molecule has 1 N–H and O–H groups in total. The number of rotatable bonds is 6. The van der Waals surface area contributed by atoms with Gasteiger partial charge >= 0.3 is 5.97 Å². The molecule has 1 saturated heterocycles. The fourth-order valence-electron chi connectivity index (χ4n) is 6.90. The van der Waals surface area contributed by atoms with Crippen LogP contribution in [-0.2, 0) is 14.3 Å². The van der Waals surface area contributed by atoms with Crippen molar-refractivity contribution in [3.05, 3.63) is 88.9 Å². The summed E-state index contributed by atoms with van der Waals surface area (Å²) in [4.78, 5) is 59.1. The van der Waals surface area contributed by atoms with Crippen LogP contribution in [0, 0.1) is 23.7 Å². The van der Waals surface area contributed by atoms with E-state index in [9.17, 15) is 24.3 Å². The number of hydrogen-bond donors (Lipinski definition) is 1. The van der Waals surface area contributed by atoms with Crippen molar-refractivity contribution in [3.8, 4) is 17.0 Å². The number of Topliss-reactive ketones (excluding diaryl/α,β-unsaturated/α-hetero) is 1. The first-order valence-electron chi connectivity index (χ1n) is 14.0. The van der Waals surface area contributed by atoms with Crippen LogP contribution in [0.4, 0.5) is 5.69 Å². The summed E-state index contributed by atoms with van der Waals surface area (Å²) >= 11 is 13.7. The summed E-state index contributed by atoms with van der Waals surface area (Å²) in [6.07, 6.45) is 0.859. The third-order valence-electron chi connectivity index (χ3n) is 8.94. The maximum Gasteiger partial charge on any atom is 0.339 e. The van der Waals surface area contributed by atoms with Crippen LogP contribution >= 0.6 is 43.5 Å². The monoisotopic (exact) mass is 736 g/mol. The molecule has 4 aromatic rings. The van der Waals surface area contributed by atoms with Crippen molar-refractivity contribution in [1.82, 2.24) is 4.98 Å². The van der Waals surface area contributed by atoms with Crippen molar-refractivity contribution in [2.75, 3.05) is 11.5 Å². The Hall–Kier alpha value is -3.60. The predicted molar refractivity (Wildman–Crippen MR) is 171 cm³/mol. The van der Waals surface area contributed by atoms with E-state index >= 15 is 0 Å². The quantitative estimate of drug-likeness (QED) is 0.103. The summed E-state index contributed by atoms with van der Waals surface area (Å²) in [7, 11) is 0. The van der Waals surface area contributed by atoms with Crippen LogP contribution in [0.25, 0.3) is 22.2 Å². The molecule has 2 heterocycles. The van der Waals surface area contributed by atoms with Crippen molar-refractivity contribution in [2.45, 2.75) is 16.1 Å². The number of ketones is 1. The Morgan fingerprint density at radius 2 is 1.57 bits per heavy atom. The minimum atomic E-state index is -0.758. The highest BCUT2D eigenvalue weighted by Crippen LogP contribution is 2.60. The highest BCUT2D eigenvalue weighted by atomic mass is 79.9. The number of imide groups is 1. The Labute approximate surface area is 273 Å². The van der Waals surface area contributed by atoms with Crippen molar-refractivity contribution >= 4 is 83.6 Å². The van der Waals surface area contributed by atoms with Gasteiger partial charge in [-0.2, -0.15) is 0 Å². The molecule has 6 atom stereocenters. The van der Waals surface area contributed by atoms with E-state index in [2.05, 4.69) is 31.9 Å². The second-order valence-electron chi connectivity index (χ2n) is 11.3. The topological polar surface area (TPSA) is 114 Å². The van der Waals surface area contributed by atoms with Gasteiger partial charge in [0.2, 0.25) is 17.6 Å². The number of phenols is 1. The molecule has 3 aliphatic rings. The minimum Gasteiger partial charge on any atom is -0.507 e. The third-order valence-corrected chi connectivity index (χ3v) is 12.4. The molecular weight excluding hydrogens is 716 g/mol. The number of pyridine rings is 1. The standard InChI is InChI=1S/C33H23Br2ClN2O6/c34-29-21-12-22(30(29)35)28-27(21)31(41)38(32(28)42)17-8-5-15(6-9-17)24-13-20(19-11-16(36)7-10-23(19)37-24)33(43)44-14-26(40)18-3-1-2-4-25(18)39/h1-11,13,21-22,27-30,39H,12,14H2. The van der Waals surface area contributed by atoms with Crippen LogP contribution in [0.2, 0.25) is 5.02 Å². The SMILES string of the molecule is O=C(COC(=O)c1cc(-c2ccc(N3C(=O)C4C5CC(C(Br)C5Br)C4C3=O)cc2)nc2ccc(Cl)cc12)c1ccccc1O. The third kappa shape index (κ3) is 4.66. The van der Waals surface area contributed by atoms with Gasteiger partial charge in [-0.05, 0) is 66.8 Å². The lowest BCUT2D eigenvalue weighted by Crippen LogP contribution is -2.37. The average Bonchev–Trinajstić information content (AvgIpc) is 3.64. The number of amides is 2. The molecule has 1 aromatic heterocycles. The summed E-state index contributed by atoms with van der Waals surface area (Å²) in [5.74, 6) is -2.21. The number of phenolic OH excluding ortho intramolecular Hbond substituents is 1. The number of nitrogens with zero attached hydrogens (tertiary/aromatic N) is 2. The van der Waals surface area contributed by atoms with Crippen LogP contribution in [0.15, 0.2) is 72.8 Å². The second kappa shape index (κ2) is 11.1. The molecule has 1 aliphatic heterocycles. The van der Waals surface area contributed by atoms with Gasteiger partial charge in [0.05, 0.1) is 39.9 Å². The Bertz CT molecular complexity index is 1850. The first-order valence-corrected chi connectivity index (χ1v) is 16.2. The molecule has 2 amide bonds. The van der Waals surface area contributed by atoms with Gasteiger partial charge < -0.3 is 9.84 Å². The van der Waals surface area contributed by atoms with E-state index in [1.807, 2.05) is 0 Å². The number of aromatic nitrogens is 1. The molecule has 3 aromatic carbocycles. The highest BCUT2D eigenvalue weighted by molar-refractivity contribution is 9.12. The zero-order valence-corrected chi connectivity index (χ0v) is 26.8. The number of aromatic hydroxyl groups is 1. The van der Waals surface area contributed by atoms with Crippen LogP contribution < -0.4 is 4.90 Å². The fraction of sp³-hybridized carbons (Fsp3) is 0.242. The number of benzene rings is 3. The van der Waals surface area contributed by atoms with Gasteiger partial charge in [-0.1, -0.05) is 67.7 Å². The Kier molecular flexibility index (Phi) is 7.34. The number of para-hydroxylation sites is 1. The van der Waals surface area contributed by atoms with Crippen LogP contribution in [0.3, 0.4) is 0 Å². The first-order chi connectivity index (χ1) is 21.1. The van der Waals surface area contributed by atoms with Gasteiger partial charge in [-0.25, -0.2) is 9.78 Å². The van der Waals surface area contributed by atoms with E-state index in [1.165, 1.54) is 17.0 Å². The van der Waals surface area contributed by atoms with Crippen LogP contribution in [-0.4, -0.2) is 49.9 Å². The maximum atomic E-state index is 13.5. The van der Waals surface area contributed by atoms with E-state index in [4.69, 9.17) is 21.3 Å². The van der Waals surface area contributed by atoms with Gasteiger partial charge in [-0.15, -0.1) is 0 Å². The molecule has 2 bridgehead atoms. The Balaban J connectivity index is 1.17. The molecule has 6 unspecified atom stereocenters. The molecule has 11 heteroatoms. The molecule has 2 saturated carbocycles. The zero-order chi connectivity index (χ0) is 30.9. The molecule has 3 fully saturated rings. The number of alkyl halides is 2. The van der Waals surface area contributed by atoms with Crippen molar-refractivity contribution in [2.24, 2.45) is 23.7 Å². The van der Waals surface area contributed by atoms with E-state index in [0.29, 0.717) is 32.9 Å². The fourth-order valence-corrected chi connectivity index (χ4v) is 8.94. The molecule has 8 nitrogen and oxygen atoms in total. The van der Waals surface area contributed by atoms with Crippen molar-refractivity contribution < 1.29 is 29.0 Å². The van der Waals surface area contributed by atoms with E-state index < -0.39 is 18.4 Å². The lowest BCUT2D eigenvalue weighted by atomic mass is 9.81. The summed E-state index contributed by atoms with van der Waals surface area (Å²) in [5, 5.41) is 10.8. The van der Waals surface area contributed by atoms with Crippen LogP contribution in [0.1, 0.15) is 27.1 Å². The summed E-state index contributed by atoms with van der Waals surface area (Å²) in [6.45, 7) is -0.571. The largest absolute Gasteiger partial charge is 0.507 e. The zero-order valence-electron chi connectivity index (χ0n) is 22.8. The Morgan fingerprint density at radius 1 is 0.909 bits per heavy atom. The van der Waals surface area contributed by atoms with E-state index in [1.54, 1.807) is 60.7 Å². The molecule has 0 spiro atoms. The first kappa shape index (κ1) is 29.1. The summed E-state index contributed by atoms with van der Waals surface area (Å²) in [6, 6.07) is 19.4. The molecule has 0 radical (unpaired) electrons. The molecular formula is C33H23Br2ClN2O6. The lowest BCUT2D eigenvalue weighted by Gasteiger charge is -2.28. The number of esters is 1. The average molecular weight is 739 g/mol. The van der Waals surface area contributed by atoms with E-state index in [0.717, 1.165) is 6.42 Å². The van der Waals surface area contributed by atoms with Crippen molar-refractivity contribution in [3.63, 3.8) is 0 Å². The smallest absolute Gasteiger partial charge is 0.339 e. The molecule has 7 rings (SSSR count).